The van der Waals surface area contributed by atoms with E-state index in [1.54, 1.807) is 0 Å². The lowest BCUT2D eigenvalue weighted by Gasteiger charge is -2.37. The zero-order valence-corrected chi connectivity index (χ0v) is 14.1. The summed E-state index contributed by atoms with van der Waals surface area (Å²) in [5.74, 6) is 0.968. The van der Waals surface area contributed by atoms with Crippen LogP contribution in [0.3, 0.4) is 0 Å². The van der Waals surface area contributed by atoms with Crippen LogP contribution in [0.5, 0.6) is 0 Å². The second-order valence-electron chi connectivity index (χ2n) is 6.28. The SMILES string of the molecule is CNCC1CCN(C(=O)C(C)(C)c2ccccc2)CC1.Cl. The Hall–Kier alpha value is -1.06. The maximum atomic E-state index is 12.8. The van der Waals surface area contributed by atoms with Gasteiger partial charge in [-0.05, 0) is 51.8 Å². The molecule has 1 fully saturated rings. The molecule has 1 amide bonds. The van der Waals surface area contributed by atoms with Gasteiger partial charge in [0.2, 0.25) is 5.91 Å². The molecule has 0 aliphatic carbocycles. The summed E-state index contributed by atoms with van der Waals surface area (Å²) in [7, 11) is 2.00. The number of halogens is 1. The molecule has 1 aromatic carbocycles. The van der Waals surface area contributed by atoms with Crippen LogP contribution < -0.4 is 5.32 Å². The molecular formula is C17H27ClN2O. The van der Waals surface area contributed by atoms with Gasteiger partial charge in [0.05, 0.1) is 5.41 Å². The summed E-state index contributed by atoms with van der Waals surface area (Å²) in [4.78, 5) is 14.8. The smallest absolute Gasteiger partial charge is 0.232 e. The molecule has 4 heteroatoms. The highest BCUT2D eigenvalue weighted by atomic mass is 35.5. The monoisotopic (exact) mass is 310 g/mol. The third kappa shape index (κ3) is 4.21. The Morgan fingerprint density at radius 3 is 2.33 bits per heavy atom. The fourth-order valence-corrected chi connectivity index (χ4v) is 3.00. The van der Waals surface area contributed by atoms with E-state index in [9.17, 15) is 4.79 Å². The summed E-state index contributed by atoms with van der Waals surface area (Å²) in [6, 6.07) is 10.1. The third-order valence-corrected chi connectivity index (χ3v) is 4.42. The molecule has 1 N–H and O–H groups in total. The molecule has 0 atom stereocenters. The van der Waals surface area contributed by atoms with Gasteiger partial charge in [0.1, 0.15) is 0 Å². The van der Waals surface area contributed by atoms with Gasteiger partial charge in [-0.15, -0.1) is 12.4 Å². The lowest BCUT2D eigenvalue weighted by Crippen LogP contribution is -2.47. The first-order valence-corrected chi connectivity index (χ1v) is 7.55. The minimum Gasteiger partial charge on any atom is -0.342 e. The molecule has 1 aliphatic rings. The van der Waals surface area contributed by atoms with Gasteiger partial charge in [0.15, 0.2) is 0 Å². The highest BCUT2D eigenvalue weighted by molar-refractivity contribution is 5.87. The van der Waals surface area contributed by atoms with Gasteiger partial charge < -0.3 is 10.2 Å². The van der Waals surface area contributed by atoms with Crippen molar-refractivity contribution in [3.63, 3.8) is 0 Å². The highest BCUT2D eigenvalue weighted by Crippen LogP contribution is 2.28. The van der Waals surface area contributed by atoms with Crippen LogP contribution >= 0.6 is 12.4 Å². The molecule has 0 bridgehead atoms. The summed E-state index contributed by atoms with van der Waals surface area (Å²) in [5, 5.41) is 3.23. The second kappa shape index (κ2) is 7.81. The molecule has 0 aromatic heterocycles. The molecule has 0 radical (unpaired) electrons. The number of carbonyl (C=O) groups excluding carboxylic acids is 1. The van der Waals surface area contributed by atoms with E-state index >= 15 is 0 Å². The van der Waals surface area contributed by atoms with Crippen molar-refractivity contribution >= 4 is 18.3 Å². The van der Waals surface area contributed by atoms with Gasteiger partial charge in [-0.1, -0.05) is 30.3 Å². The first kappa shape index (κ1) is 18.0. The average molecular weight is 311 g/mol. The number of amides is 1. The van der Waals surface area contributed by atoms with E-state index in [0.29, 0.717) is 5.92 Å². The predicted octanol–water partition coefficient (Wildman–Crippen LogP) is 2.84. The number of likely N-dealkylation sites (tertiary alicyclic amines) is 1. The largest absolute Gasteiger partial charge is 0.342 e. The van der Waals surface area contributed by atoms with Crippen molar-refractivity contribution in [1.29, 1.82) is 0 Å². The molecule has 2 rings (SSSR count). The van der Waals surface area contributed by atoms with Gasteiger partial charge in [-0.25, -0.2) is 0 Å². The standard InChI is InChI=1S/C17H26N2O.ClH/c1-17(2,15-7-5-4-6-8-15)16(20)19-11-9-14(10-12-19)13-18-3;/h4-8,14,18H,9-13H2,1-3H3;1H. The summed E-state index contributed by atoms with van der Waals surface area (Å²) >= 11 is 0. The van der Waals surface area contributed by atoms with Gasteiger partial charge in [-0.2, -0.15) is 0 Å². The van der Waals surface area contributed by atoms with Crippen molar-refractivity contribution in [2.24, 2.45) is 5.92 Å². The number of piperidine rings is 1. The van der Waals surface area contributed by atoms with E-state index in [-0.39, 0.29) is 18.3 Å². The molecule has 1 saturated heterocycles. The molecule has 118 valence electrons. The van der Waals surface area contributed by atoms with Crippen LogP contribution in [0.2, 0.25) is 0 Å². The first-order valence-electron chi connectivity index (χ1n) is 7.55. The number of rotatable bonds is 4. The Kier molecular flexibility index (Phi) is 6.69. The Labute approximate surface area is 134 Å². The lowest BCUT2D eigenvalue weighted by molar-refractivity contribution is -0.137. The number of hydrogen-bond acceptors (Lipinski definition) is 2. The van der Waals surface area contributed by atoms with Crippen LogP contribution in [-0.2, 0) is 10.2 Å². The van der Waals surface area contributed by atoms with Crippen LogP contribution in [0.25, 0.3) is 0 Å². The number of hydrogen-bond donors (Lipinski definition) is 1. The van der Waals surface area contributed by atoms with Crippen LogP contribution in [0, 0.1) is 5.92 Å². The molecule has 1 heterocycles. The molecule has 1 aromatic rings. The topological polar surface area (TPSA) is 32.3 Å². The Morgan fingerprint density at radius 1 is 1.24 bits per heavy atom. The van der Waals surface area contributed by atoms with Crippen molar-refractivity contribution in [3.8, 4) is 0 Å². The van der Waals surface area contributed by atoms with E-state index in [1.165, 1.54) is 0 Å². The van der Waals surface area contributed by atoms with Crippen LogP contribution in [0.4, 0.5) is 0 Å². The molecule has 0 spiro atoms. The summed E-state index contributed by atoms with van der Waals surface area (Å²) in [6.07, 6.45) is 2.22. The fourth-order valence-electron chi connectivity index (χ4n) is 3.00. The summed E-state index contributed by atoms with van der Waals surface area (Å²) in [6.45, 7) is 6.90. The quantitative estimate of drug-likeness (QED) is 0.927. The first-order chi connectivity index (χ1) is 9.55. The third-order valence-electron chi connectivity index (χ3n) is 4.42. The van der Waals surface area contributed by atoms with Crippen molar-refractivity contribution in [2.75, 3.05) is 26.7 Å². The van der Waals surface area contributed by atoms with Gasteiger partial charge in [0, 0.05) is 13.1 Å². The molecule has 0 unspecified atom stereocenters. The number of carbonyl (C=O) groups is 1. The van der Waals surface area contributed by atoms with E-state index in [4.69, 9.17) is 0 Å². The maximum Gasteiger partial charge on any atom is 0.232 e. The van der Waals surface area contributed by atoms with E-state index in [0.717, 1.165) is 38.0 Å². The van der Waals surface area contributed by atoms with E-state index < -0.39 is 5.41 Å². The zero-order chi connectivity index (χ0) is 14.6. The minimum absolute atomic E-state index is 0. The molecule has 1 aliphatic heterocycles. The van der Waals surface area contributed by atoms with Crippen LogP contribution in [-0.4, -0.2) is 37.5 Å². The zero-order valence-electron chi connectivity index (χ0n) is 13.3. The normalized spacial score (nSPS) is 16.4. The van der Waals surface area contributed by atoms with Crippen molar-refractivity contribution in [3.05, 3.63) is 35.9 Å². The van der Waals surface area contributed by atoms with E-state index in [1.807, 2.05) is 56.1 Å². The lowest BCUT2D eigenvalue weighted by atomic mass is 9.82. The number of nitrogens with one attached hydrogen (secondary N) is 1. The van der Waals surface area contributed by atoms with Gasteiger partial charge in [0.25, 0.3) is 0 Å². The van der Waals surface area contributed by atoms with Crippen LogP contribution in [0.1, 0.15) is 32.3 Å². The van der Waals surface area contributed by atoms with Gasteiger partial charge >= 0.3 is 0 Å². The minimum atomic E-state index is -0.433. The Morgan fingerprint density at radius 2 is 1.81 bits per heavy atom. The Balaban J connectivity index is 0.00000220. The Bertz CT molecular complexity index is 439. The van der Waals surface area contributed by atoms with Crippen molar-refractivity contribution in [1.82, 2.24) is 10.2 Å². The number of benzene rings is 1. The van der Waals surface area contributed by atoms with Gasteiger partial charge in [-0.3, -0.25) is 4.79 Å². The molecule has 3 nitrogen and oxygen atoms in total. The summed E-state index contributed by atoms with van der Waals surface area (Å²) < 4.78 is 0. The maximum absolute atomic E-state index is 12.8. The van der Waals surface area contributed by atoms with E-state index in [2.05, 4.69) is 5.32 Å². The number of nitrogens with zero attached hydrogens (tertiary/aromatic N) is 1. The van der Waals surface area contributed by atoms with Crippen LogP contribution in [0.15, 0.2) is 30.3 Å². The average Bonchev–Trinajstić information content (AvgIpc) is 2.48. The fraction of sp³-hybridized carbons (Fsp3) is 0.588. The second-order valence-corrected chi connectivity index (χ2v) is 6.28. The predicted molar refractivity (Wildman–Crippen MR) is 89.9 cm³/mol. The summed E-state index contributed by atoms with van der Waals surface area (Å²) in [5.41, 5.74) is 0.666. The highest BCUT2D eigenvalue weighted by Gasteiger charge is 2.35. The molecular weight excluding hydrogens is 284 g/mol. The molecule has 21 heavy (non-hydrogen) atoms. The van der Waals surface area contributed by atoms with Crippen molar-refractivity contribution < 1.29 is 4.79 Å². The van der Waals surface area contributed by atoms with Crippen molar-refractivity contribution in [2.45, 2.75) is 32.1 Å². The molecule has 0 saturated carbocycles.